The average molecular weight is 258 g/mol. The maximum absolute atomic E-state index is 2.36. The predicted molar refractivity (Wildman–Crippen MR) is 86.6 cm³/mol. The molecular formula is C20H18. The van der Waals surface area contributed by atoms with Gasteiger partial charge in [-0.25, -0.2) is 0 Å². The maximum Gasteiger partial charge on any atom is -0.00604 e. The fraction of sp³-hybridized carbons (Fsp3) is 0.200. The molecule has 2 aromatic carbocycles. The van der Waals surface area contributed by atoms with E-state index < -0.39 is 0 Å². The van der Waals surface area contributed by atoms with Gasteiger partial charge in [0.1, 0.15) is 0 Å². The van der Waals surface area contributed by atoms with Crippen LogP contribution in [0.15, 0.2) is 47.5 Å². The molecule has 0 aromatic heterocycles. The van der Waals surface area contributed by atoms with Crippen LogP contribution in [0.25, 0.3) is 23.3 Å². The third-order valence-electron chi connectivity index (χ3n) is 4.40. The van der Waals surface area contributed by atoms with E-state index in [2.05, 4.69) is 62.4 Å². The maximum atomic E-state index is 2.36. The van der Waals surface area contributed by atoms with Crippen molar-refractivity contribution in [1.29, 1.82) is 0 Å². The Morgan fingerprint density at radius 1 is 0.650 bits per heavy atom. The standard InChI is InChI=1S/C20H18/c1-13-9-15-5-3-7-17(19(15)11-13)18-8-4-6-16-10-14(2)12-20(16)18/h3-8,11-12H,9-10H2,1-2H3. The second-order valence-electron chi connectivity index (χ2n) is 6.09. The van der Waals surface area contributed by atoms with E-state index in [4.69, 9.17) is 0 Å². The van der Waals surface area contributed by atoms with Crippen LogP contribution in [-0.2, 0) is 12.8 Å². The Morgan fingerprint density at radius 3 is 1.55 bits per heavy atom. The van der Waals surface area contributed by atoms with Gasteiger partial charge in [0, 0.05) is 0 Å². The van der Waals surface area contributed by atoms with Crippen LogP contribution < -0.4 is 0 Å². The summed E-state index contributed by atoms with van der Waals surface area (Å²) in [4.78, 5) is 0. The summed E-state index contributed by atoms with van der Waals surface area (Å²) in [7, 11) is 0. The first-order chi connectivity index (χ1) is 9.72. The lowest BCUT2D eigenvalue weighted by atomic mass is 9.92. The molecule has 0 fully saturated rings. The number of allylic oxidation sites excluding steroid dienone is 2. The highest BCUT2D eigenvalue weighted by Crippen LogP contribution is 2.39. The predicted octanol–water partition coefficient (Wildman–Crippen LogP) is 5.27. The van der Waals surface area contributed by atoms with E-state index in [1.807, 2.05) is 0 Å². The molecule has 0 atom stereocenters. The summed E-state index contributed by atoms with van der Waals surface area (Å²) in [6, 6.07) is 13.5. The minimum atomic E-state index is 1.10. The molecule has 0 radical (unpaired) electrons. The van der Waals surface area contributed by atoms with E-state index >= 15 is 0 Å². The highest BCUT2D eigenvalue weighted by Gasteiger charge is 2.19. The lowest BCUT2D eigenvalue weighted by molar-refractivity contribution is 1.19. The van der Waals surface area contributed by atoms with Crippen LogP contribution in [0.2, 0.25) is 0 Å². The van der Waals surface area contributed by atoms with Gasteiger partial charge in [0.2, 0.25) is 0 Å². The molecule has 4 rings (SSSR count). The molecule has 98 valence electrons. The first kappa shape index (κ1) is 11.7. The Labute approximate surface area is 120 Å². The molecule has 0 heterocycles. The normalized spacial score (nSPS) is 15.7. The number of rotatable bonds is 1. The van der Waals surface area contributed by atoms with Crippen molar-refractivity contribution in [2.75, 3.05) is 0 Å². The summed E-state index contributed by atoms with van der Waals surface area (Å²) in [5.41, 5.74) is 11.5. The Hall–Kier alpha value is -2.08. The van der Waals surface area contributed by atoms with Gasteiger partial charge in [-0.05, 0) is 60.1 Å². The van der Waals surface area contributed by atoms with E-state index in [0.717, 1.165) is 12.8 Å². The van der Waals surface area contributed by atoms with Crippen molar-refractivity contribution in [1.82, 2.24) is 0 Å². The van der Waals surface area contributed by atoms with Crippen molar-refractivity contribution >= 4 is 12.2 Å². The van der Waals surface area contributed by atoms with Gasteiger partial charge in [-0.2, -0.15) is 0 Å². The molecule has 0 nitrogen and oxygen atoms in total. The molecule has 0 N–H and O–H groups in total. The monoisotopic (exact) mass is 258 g/mol. The van der Waals surface area contributed by atoms with E-state index in [1.54, 1.807) is 0 Å². The number of fused-ring (bicyclic) bond motifs is 2. The third kappa shape index (κ3) is 1.68. The Balaban J connectivity index is 1.97. The van der Waals surface area contributed by atoms with Gasteiger partial charge in [0.05, 0.1) is 0 Å². The Morgan fingerprint density at radius 2 is 1.10 bits per heavy atom. The largest absolute Gasteiger partial charge is 0.0683 e. The Kier molecular flexibility index (Phi) is 2.47. The summed E-state index contributed by atoms with van der Waals surface area (Å²) >= 11 is 0. The molecule has 20 heavy (non-hydrogen) atoms. The molecule has 0 heteroatoms. The van der Waals surface area contributed by atoms with Crippen LogP contribution in [0.5, 0.6) is 0 Å². The van der Waals surface area contributed by atoms with Crippen molar-refractivity contribution in [2.45, 2.75) is 26.7 Å². The first-order valence-corrected chi connectivity index (χ1v) is 7.31. The van der Waals surface area contributed by atoms with E-state index in [0.29, 0.717) is 0 Å². The molecule has 0 aliphatic heterocycles. The molecule has 0 saturated heterocycles. The van der Waals surface area contributed by atoms with E-state index in [1.165, 1.54) is 44.5 Å². The average Bonchev–Trinajstić information content (AvgIpc) is 2.98. The highest BCUT2D eigenvalue weighted by atomic mass is 14.2. The lowest BCUT2D eigenvalue weighted by Crippen LogP contribution is -1.91. The minimum Gasteiger partial charge on any atom is -0.0683 e. The zero-order valence-electron chi connectivity index (χ0n) is 12.0. The summed E-state index contributed by atoms with van der Waals surface area (Å²) in [5.74, 6) is 0. The van der Waals surface area contributed by atoms with Crippen molar-refractivity contribution in [3.05, 3.63) is 69.8 Å². The topological polar surface area (TPSA) is 0 Å². The van der Waals surface area contributed by atoms with Crippen LogP contribution in [0.1, 0.15) is 36.1 Å². The molecule has 2 aliphatic carbocycles. The second kappa shape index (κ2) is 4.21. The summed E-state index contributed by atoms with van der Waals surface area (Å²) in [6.07, 6.45) is 6.92. The molecule has 0 unspecified atom stereocenters. The van der Waals surface area contributed by atoms with E-state index in [9.17, 15) is 0 Å². The minimum absolute atomic E-state index is 1.10. The van der Waals surface area contributed by atoms with Gasteiger partial charge in [0.25, 0.3) is 0 Å². The van der Waals surface area contributed by atoms with Gasteiger partial charge in [-0.1, -0.05) is 59.7 Å². The molecule has 2 aromatic rings. The van der Waals surface area contributed by atoms with Gasteiger partial charge in [0.15, 0.2) is 0 Å². The van der Waals surface area contributed by atoms with Crippen LogP contribution in [-0.4, -0.2) is 0 Å². The number of benzene rings is 2. The van der Waals surface area contributed by atoms with Crippen LogP contribution in [0.3, 0.4) is 0 Å². The van der Waals surface area contributed by atoms with Crippen molar-refractivity contribution in [3.8, 4) is 11.1 Å². The number of hydrogen-bond donors (Lipinski definition) is 0. The fourth-order valence-corrected chi connectivity index (χ4v) is 3.54. The third-order valence-corrected chi connectivity index (χ3v) is 4.40. The SMILES string of the molecule is CC1=Cc2c(cccc2-c2cccc3c2C=C(C)C3)C1. The zero-order chi connectivity index (χ0) is 13.7. The quantitative estimate of drug-likeness (QED) is 0.653. The molecule has 0 bridgehead atoms. The molecule has 0 saturated carbocycles. The van der Waals surface area contributed by atoms with Gasteiger partial charge < -0.3 is 0 Å². The van der Waals surface area contributed by atoms with Crippen molar-refractivity contribution in [3.63, 3.8) is 0 Å². The lowest BCUT2D eigenvalue weighted by Gasteiger charge is -2.12. The van der Waals surface area contributed by atoms with Crippen molar-refractivity contribution in [2.24, 2.45) is 0 Å². The zero-order valence-corrected chi connectivity index (χ0v) is 12.0. The summed E-state index contributed by atoms with van der Waals surface area (Å²) in [6.45, 7) is 4.45. The second-order valence-corrected chi connectivity index (χ2v) is 6.09. The van der Waals surface area contributed by atoms with E-state index in [-0.39, 0.29) is 0 Å². The van der Waals surface area contributed by atoms with Gasteiger partial charge in [-0.3, -0.25) is 0 Å². The number of hydrogen-bond acceptors (Lipinski definition) is 0. The summed E-state index contributed by atoms with van der Waals surface area (Å²) < 4.78 is 0. The molecule has 0 amide bonds. The van der Waals surface area contributed by atoms with Gasteiger partial charge in [-0.15, -0.1) is 0 Å². The first-order valence-electron chi connectivity index (χ1n) is 7.31. The van der Waals surface area contributed by atoms with Crippen molar-refractivity contribution < 1.29 is 0 Å². The van der Waals surface area contributed by atoms with Crippen LogP contribution in [0.4, 0.5) is 0 Å². The smallest absolute Gasteiger partial charge is 0.00604 e. The van der Waals surface area contributed by atoms with Crippen LogP contribution in [0, 0.1) is 0 Å². The molecular weight excluding hydrogens is 240 g/mol. The van der Waals surface area contributed by atoms with Gasteiger partial charge >= 0.3 is 0 Å². The van der Waals surface area contributed by atoms with Crippen LogP contribution >= 0.6 is 0 Å². The summed E-state index contributed by atoms with van der Waals surface area (Å²) in [5, 5.41) is 0. The fourth-order valence-electron chi connectivity index (χ4n) is 3.54. The molecule has 0 spiro atoms. The highest BCUT2D eigenvalue weighted by molar-refractivity contribution is 5.87. The Bertz CT molecular complexity index is 705. The molecule has 2 aliphatic rings.